The number of nitrogens with one attached hydrogen (secondary N) is 2. The Bertz CT molecular complexity index is 525. The standard InChI is InChI=1S/C19H29N3O2/c1-15(2)13-17(16-9-5-3-6-10-16)21-19(24)20-14-18(23)22-11-7-4-8-12-22/h3,5-6,9-10,15,17H,4,7-8,11-14H2,1-2H3,(H2,20,21,24). The number of nitrogens with zero attached hydrogens (tertiary/aromatic N) is 1. The molecule has 1 heterocycles. The van der Waals surface area contributed by atoms with E-state index in [0.29, 0.717) is 5.92 Å². The van der Waals surface area contributed by atoms with E-state index in [0.717, 1.165) is 37.9 Å². The highest BCUT2D eigenvalue weighted by Gasteiger charge is 2.19. The molecule has 1 fully saturated rings. The lowest BCUT2D eigenvalue weighted by Crippen LogP contribution is -2.46. The van der Waals surface area contributed by atoms with E-state index in [2.05, 4.69) is 24.5 Å². The number of piperidine rings is 1. The van der Waals surface area contributed by atoms with Crippen molar-refractivity contribution in [3.05, 3.63) is 35.9 Å². The fourth-order valence-electron chi connectivity index (χ4n) is 3.06. The third-order valence-electron chi connectivity index (χ3n) is 4.32. The van der Waals surface area contributed by atoms with E-state index in [1.807, 2.05) is 35.2 Å². The molecule has 5 heteroatoms. The maximum atomic E-state index is 12.2. The van der Waals surface area contributed by atoms with Crippen LogP contribution in [0.1, 0.15) is 51.1 Å². The van der Waals surface area contributed by atoms with E-state index in [-0.39, 0.29) is 24.5 Å². The minimum atomic E-state index is -0.283. The van der Waals surface area contributed by atoms with Crippen molar-refractivity contribution in [1.29, 1.82) is 0 Å². The fourth-order valence-corrected chi connectivity index (χ4v) is 3.06. The van der Waals surface area contributed by atoms with Gasteiger partial charge in [0.05, 0.1) is 12.6 Å². The van der Waals surface area contributed by atoms with E-state index >= 15 is 0 Å². The number of carbonyl (C=O) groups is 2. The van der Waals surface area contributed by atoms with Crippen LogP contribution in [0.2, 0.25) is 0 Å². The lowest BCUT2D eigenvalue weighted by Gasteiger charge is -2.27. The SMILES string of the molecule is CC(C)CC(NC(=O)NCC(=O)N1CCCCC1)c1ccccc1. The molecule has 0 spiro atoms. The Labute approximate surface area is 144 Å². The molecule has 1 unspecified atom stereocenters. The van der Waals surface area contributed by atoms with E-state index in [4.69, 9.17) is 0 Å². The van der Waals surface area contributed by atoms with Gasteiger partial charge in [-0.15, -0.1) is 0 Å². The Morgan fingerprint density at radius 3 is 2.38 bits per heavy atom. The zero-order valence-corrected chi connectivity index (χ0v) is 14.8. The summed E-state index contributed by atoms with van der Waals surface area (Å²) in [6, 6.07) is 9.63. The van der Waals surface area contributed by atoms with Gasteiger partial charge in [-0.05, 0) is 37.2 Å². The van der Waals surface area contributed by atoms with E-state index in [1.54, 1.807) is 0 Å². The van der Waals surface area contributed by atoms with E-state index in [1.165, 1.54) is 6.42 Å². The summed E-state index contributed by atoms with van der Waals surface area (Å²) in [7, 11) is 0. The summed E-state index contributed by atoms with van der Waals surface area (Å²) in [5.74, 6) is 0.468. The summed E-state index contributed by atoms with van der Waals surface area (Å²) < 4.78 is 0. The summed E-state index contributed by atoms with van der Waals surface area (Å²) in [5, 5.41) is 5.71. The van der Waals surface area contributed by atoms with Crippen LogP contribution in [0.5, 0.6) is 0 Å². The lowest BCUT2D eigenvalue weighted by atomic mass is 9.97. The predicted molar refractivity (Wildman–Crippen MR) is 95.6 cm³/mol. The minimum absolute atomic E-state index is 0.00460. The van der Waals surface area contributed by atoms with Crippen molar-refractivity contribution in [3.63, 3.8) is 0 Å². The number of likely N-dealkylation sites (tertiary alicyclic amines) is 1. The zero-order chi connectivity index (χ0) is 17.4. The van der Waals surface area contributed by atoms with Crippen LogP contribution in [0.25, 0.3) is 0 Å². The van der Waals surface area contributed by atoms with Crippen LogP contribution < -0.4 is 10.6 Å². The third kappa shape index (κ3) is 5.87. The molecule has 1 atom stereocenters. The number of hydrogen-bond donors (Lipinski definition) is 2. The number of rotatable bonds is 6. The van der Waals surface area contributed by atoms with Gasteiger partial charge < -0.3 is 15.5 Å². The van der Waals surface area contributed by atoms with Gasteiger partial charge in [-0.3, -0.25) is 4.79 Å². The van der Waals surface area contributed by atoms with Crippen LogP contribution in [0.4, 0.5) is 4.79 Å². The average Bonchev–Trinajstić information content (AvgIpc) is 2.60. The number of benzene rings is 1. The number of carbonyl (C=O) groups excluding carboxylic acids is 2. The van der Waals surface area contributed by atoms with Crippen molar-refractivity contribution >= 4 is 11.9 Å². The van der Waals surface area contributed by atoms with Crippen LogP contribution >= 0.6 is 0 Å². The van der Waals surface area contributed by atoms with Crippen molar-refractivity contribution in [2.24, 2.45) is 5.92 Å². The molecule has 0 aromatic heterocycles. The maximum Gasteiger partial charge on any atom is 0.315 e. The summed E-state index contributed by atoms with van der Waals surface area (Å²) in [4.78, 5) is 26.2. The molecular formula is C19H29N3O2. The molecule has 0 aliphatic carbocycles. The molecule has 3 amide bonds. The summed E-state index contributed by atoms with van der Waals surface area (Å²) in [6.45, 7) is 5.95. The normalized spacial score (nSPS) is 15.9. The summed E-state index contributed by atoms with van der Waals surface area (Å²) >= 11 is 0. The molecule has 132 valence electrons. The van der Waals surface area contributed by atoms with Gasteiger partial charge in [-0.25, -0.2) is 4.79 Å². The van der Waals surface area contributed by atoms with Crippen molar-refractivity contribution in [1.82, 2.24) is 15.5 Å². The summed E-state index contributed by atoms with van der Waals surface area (Å²) in [6.07, 6.45) is 4.16. The number of hydrogen-bond acceptors (Lipinski definition) is 2. The quantitative estimate of drug-likeness (QED) is 0.841. The third-order valence-corrected chi connectivity index (χ3v) is 4.32. The Balaban J connectivity index is 1.84. The highest BCUT2D eigenvalue weighted by molar-refractivity contribution is 5.84. The van der Waals surface area contributed by atoms with Gasteiger partial charge in [0, 0.05) is 13.1 Å². The molecule has 1 aromatic rings. The first kappa shape index (κ1) is 18.3. The van der Waals surface area contributed by atoms with Gasteiger partial charge in [0.1, 0.15) is 0 Å². The smallest absolute Gasteiger partial charge is 0.315 e. The van der Waals surface area contributed by atoms with Gasteiger partial charge >= 0.3 is 6.03 Å². The number of urea groups is 1. The fraction of sp³-hybridized carbons (Fsp3) is 0.579. The molecule has 1 aliphatic heterocycles. The monoisotopic (exact) mass is 331 g/mol. The van der Waals surface area contributed by atoms with Crippen LogP contribution in [0, 0.1) is 5.92 Å². The van der Waals surface area contributed by atoms with Crippen LogP contribution in [-0.4, -0.2) is 36.5 Å². The van der Waals surface area contributed by atoms with Gasteiger partial charge in [0.2, 0.25) is 5.91 Å². The molecule has 2 rings (SSSR count). The summed E-state index contributed by atoms with van der Waals surface area (Å²) in [5.41, 5.74) is 1.09. The second kappa shape index (κ2) is 9.30. The Morgan fingerprint density at radius 1 is 1.08 bits per heavy atom. The van der Waals surface area contributed by atoms with Crippen molar-refractivity contribution in [2.45, 2.75) is 45.6 Å². The zero-order valence-electron chi connectivity index (χ0n) is 14.8. The van der Waals surface area contributed by atoms with Gasteiger partial charge in [0.25, 0.3) is 0 Å². The predicted octanol–water partition coefficient (Wildman–Crippen LogP) is 3.09. The Kier molecular flexibility index (Phi) is 7.09. The second-order valence-corrected chi connectivity index (χ2v) is 6.86. The molecule has 24 heavy (non-hydrogen) atoms. The van der Waals surface area contributed by atoms with Gasteiger partial charge in [-0.2, -0.15) is 0 Å². The molecule has 1 aromatic carbocycles. The van der Waals surface area contributed by atoms with E-state index in [9.17, 15) is 9.59 Å². The second-order valence-electron chi connectivity index (χ2n) is 6.86. The van der Waals surface area contributed by atoms with Gasteiger partial charge in [-0.1, -0.05) is 44.2 Å². The lowest BCUT2D eigenvalue weighted by molar-refractivity contribution is -0.130. The largest absolute Gasteiger partial charge is 0.341 e. The molecule has 0 saturated carbocycles. The van der Waals surface area contributed by atoms with Crippen molar-refractivity contribution in [2.75, 3.05) is 19.6 Å². The molecule has 1 aliphatic rings. The molecular weight excluding hydrogens is 302 g/mol. The minimum Gasteiger partial charge on any atom is -0.341 e. The first-order chi connectivity index (χ1) is 11.6. The Hall–Kier alpha value is -2.04. The maximum absolute atomic E-state index is 12.2. The number of amides is 3. The van der Waals surface area contributed by atoms with Crippen LogP contribution in [0.3, 0.4) is 0 Å². The van der Waals surface area contributed by atoms with Crippen LogP contribution in [0.15, 0.2) is 30.3 Å². The molecule has 0 bridgehead atoms. The first-order valence-corrected chi connectivity index (χ1v) is 8.93. The topological polar surface area (TPSA) is 61.4 Å². The van der Waals surface area contributed by atoms with Crippen LogP contribution in [-0.2, 0) is 4.79 Å². The highest BCUT2D eigenvalue weighted by Crippen LogP contribution is 2.20. The van der Waals surface area contributed by atoms with E-state index < -0.39 is 0 Å². The molecule has 0 radical (unpaired) electrons. The van der Waals surface area contributed by atoms with Crippen molar-refractivity contribution in [3.8, 4) is 0 Å². The Morgan fingerprint density at radius 2 is 1.75 bits per heavy atom. The molecule has 5 nitrogen and oxygen atoms in total. The first-order valence-electron chi connectivity index (χ1n) is 8.93. The van der Waals surface area contributed by atoms with Gasteiger partial charge in [0.15, 0.2) is 0 Å². The highest BCUT2D eigenvalue weighted by atomic mass is 16.2. The van der Waals surface area contributed by atoms with Crippen molar-refractivity contribution < 1.29 is 9.59 Å². The average molecular weight is 331 g/mol. The molecule has 2 N–H and O–H groups in total. The molecule has 1 saturated heterocycles.